The zero-order valence-corrected chi connectivity index (χ0v) is 6.78. The van der Waals surface area contributed by atoms with Crippen LogP contribution < -0.4 is 0 Å². The number of tetrazole rings is 1. The lowest BCUT2D eigenvalue weighted by atomic mass is 10.1. The fourth-order valence-corrected chi connectivity index (χ4v) is 1.59. The van der Waals surface area contributed by atoms with Gasteiger partial charge in [-0.2, -0.15) is 0 Å². The van der Waals surface area contributed by atoms with Gasteiger partial charge in [-0.1, -0.05) is 13.8 Å². The molecule has 0 spiro atoms. The Morgan fingerprint density at radius 2 is 2.36 bits per heavy atom. The average Bonchev–Trinajstić information content (AvgIpc) is 2.60. The van der Waals surface area contributed by atoms with Crippen molar-refractivity contribution in [2.45, 2.75) is 26.2 Å². The molecule has 1 fully saturated rings. The number of hydrogen-bond donors (Lipinski definition) is 1. The summed E-state index contributed by atoms with van der Waals surface area (Å²) in [6, 6.07) is 0. The van der Waals surface area contributed by atoms with Crippen molar-refractivity contribution in [3.63, 3.8) is 0 Å². The van der Waals surface area contributed by atoms with E-state index in [1.54, 1.807) is 0 Å². The summed E-state index contributed by atoms with van der Waals surface area (Å²) >= 11 is 0. The van der Waals surface area contributed by atoms with Gasteiger partial charge in [0.2, 0.25) is 0 Å². The Kier molecular flexibility index (Phi) is 1.41. The smallest absolute Gasteiger partial charge is 0.151 e. The van der Waals surface area contributed by atoms with Crippen molar-refractivity contribution in [3.05, 3.63) is 5.82 Å². The Morgan fingerprint density at radius 3 is 2.82 bits per heavy atom. The van der Waals surface area contributed by atoms with Crippen molar-refractivity contribution >= 4 is 0 Å². The normalized spacial score (nSPS) is 29.4. The van der Waals surface area contributed by atoms with Gasteiger partial charge in [-0.15, -0.1) is 5.10 Å². The molecule has 1 aromatic rings. The van der Waals surface area contributed by atoms with Crippen LogP contribution >= 0.6 is 0 Å². The van der Waals surface area contributed by atoms with Gasteiger partial charge in [0.1, 0.15) is 0 Å². The third-order valence-electron chi connectivity index (χ3n) is 2.41. The molecule has 1 aliphatic carbocycles. The number of H-pyrrole nitrogens is 1. The summed E-state index contributed by atoms with van der Waals surface area (Å²) in [5.41, 5.74) is 0. The second kappa shape index (κ2) is 2.29. The lowest BCUT2D eigenvalue weighted by Crippen LogP contribution is -1.93. The fourth-order valence-electron chi connectivity index (χ4n) is 1.59. The van der Waals surface area contributed by atoms with Gasteiger partial charge in [-0.25, -0.2) is 5.10 Å². The number of nitrogens with zero attached hydrogens (tertiary/aromatic N) is 3. The van der Waals surface area contributed by atoms with Crippen molar-refractivity contribution in [3.8, 4) is 0 Å². The SMILES string of the molecule is CC(C)[C@@H]1C[C@@H]1c1nnn[nH]1. The van der Waals surface area contributed by atoms with Crippen LogP contribution in [0.2, 0.25) is 0 Å². The maximum Gasteiger partial charge on any atom is 0.151 e. The second-order valence-electron chi connectivity index (χ2n) is 3.54. The summed E-state index contributed by atoms with van der Waals surface area (Å²) in [6.07, 6.45) is 1.24. The van der Waals surface area contributed by atoms with Gasteiger partial charge in [0.05, 0.1) is 0 Å². The van der Waals surface area contributed by atoms with Crippen LogP contribution in [-0.2, 0) is 0 Å². The van der Waals surface area contributed by atoms with Gasteiger partial charge < -0.3 is 0 Å². The van der Waals surface area contributed by atoms with Crippen LogP contribution in [0.4, 0.5) is 0 Å². The third-order valence-corrected chi connectivity index (χ3v) is 2.41. The van der Waals surface area contributed by atoms with Crippen LogP contribution in [0, 0.1) is 11.8 Å². The van der Waals surface area contributed by atoms with Crippen LogP contribution in [0.1, 0.15) is 32.0 Å². The van der Waals surface area contributed by atoms with E-state index in [4.69, 9.17) is 0 Å². The standard InChI is InChI=1S/C7H12N4/c1-4(2)5-3-6(5)7-8-10-11-9-7/h4-6H,3H2,1-2H3,(H,8,9,10,11)/t5-,6-/m0/s1. The molecule has 1 saturated carbocycles. The molecule has 0 saturated heterocycles. The van der Waals surface area contributed by atoms with Crippen LogP contribution in [0.3, 0.4) is 0 Å². The molecule has 0 amide bonds. The Balaban J connectivity index is 2.02. The molecular formula is C7H12N4. The van der Waals surface area contributed by atoms with E-state index in [1.165, 1.54) is 6.42 Å². The number of aromatic amines is 1. The Bertz CT molecular complexity index is 229. The van der Waals surface area contributed by atoms with Gasteiger partial charge >= 0.3 is 0 Å². The maximum absolute atomic E-state index is 3.89. The molecule has 4 nitrogen and oxygen atoms in total. The van der Waals surface area contributed by atoms with Gasteiger partial charge in [0.15, 0.2) is 5.82 Å². The second-order valence-corrected chi connectivity index (χ2v) is 3.54. The fraction of sp³-hybridized carbons (Fsp3) is 0.857. The number of hydrogen-bond acceptors (Lipinski definition) is 3. The van der Waals surface area contributed by atoms with Gasteiger partial charge in [-0.3, -0.25) is 0 Å². The monoisotopic (exact) mass is 152 g/mol. The van der Waals surface area contributed by atoms with E-state index in [2.05, 4.69) is 34.5 Å². The first-order chi connectivity index (χ1) is 5.29. The lowest BCUT2D eigenvalue weighted by molar-refractivity contribution is 0.543. The Hall–Kier alpha value is -0.930. The summed E-state index contributed by atoms with van der Waals surface area (Å²) < 4.78 is 0. The molecule has 0 radical (unpaired) electrons. The zero-order valence-electron chi connectivity index (χ0n) is 6.78. The molecule has 4 heteroatoms. The molecule has 2 rings (SSSR count). The predicted molar refractivity (Wildman–Crippen MR) is 39.9 cm³/mol. The summed E-state index contributed by atoms with van der Waals surface area (Å²) in [6.45, 7) is 4.49. The third kappa shape index (κ3) is 1.13. The van der Waals surface area contributed by atoms with E-state index in [1.807, 2.05) is 0 Å². The highest BCUT2D eigenvalue weighted by atomic mass is 15.5. The molecule has 0 unspecified atom stereocenters. The highest BCUT2D eigenvalue weighted by Gasteiger charge is 2.42. The van der Waals surface area contributed by atoms with Crippen molar-refractivity contribution in [2.24, 2.45) is 11.8 Å². The van der Waals surface area contributed by atoms with Crippen molar-refractivity contribution in [1.29, 1.82) is 0 Å². The van der Waals surface area contributed by atoms with E-state index in [-0.39, 0.29) is 0 Å². The summed E-state index contributed by atoms with van der Waals surface area (Å²) in [5.74, 6) is 3.11. The topological polar surface area (TPSA) is 54.5 Å². The molecule has 0 aromatic carbocycles. The first-order valence-corrected chi connectivity index (χ1v) is 4.02. The van der Waals surface area contributed by atoms with Crippen molar-refractivity contribution in [1.82, 2.24) is 20.6 Å². The highest BCUT2D eigenvalue weighted by Crippen LogP contribution is 2.50. The van der Waals surface area contributed by atoms with Crippen molar-refractivity contribution < 1.29 is 0 Å². The highest BCUT2D eigenvalue weighted by molar-refractivity contribution is 5.07. The molecule has 11 heavy (non-hydrogen) atoms. The van der Waals surface area contributed by atoms with Gasteiger partial charge in [-0.05, 0) is 28.7 Å². The number of nitrogens with one attached hydrogen (secondary N) is 1. The predicted octanol–water partition coefficient (Wildman–Crippen LogP) is 0.959. The first kappa shape index (κ1) is 6.76. The zero-order chi connectivity index (χ0) is 7.84. The van der Waals surface area contributed by atoms with E-state index in [0.717, 1.165) is 17.7 Å². The quantitative estimate of drug-likeness (QED) is 0.686. The van der Waals surface area contributed by atoms with E-state index in [9.17, 15) is 0 Å². The maximum atomic E-state index is 3.89. The molecule has 1 heterocycles. The van der Waals surface area contributed by atoms with Gasteiger partial charge in [0.25, 0.3) is 0 Å². The molecule has 1 aliphatic rings. The van der Waals surface area contributed by atoms with Crippen LogP contribution in [0.15, 0.2) is 0 Å². The molecule has 0 aliphatic heterocycles. The molecule has 1 N–H and O–H groups in total. The van der Waals surface area contributed by atoms with Gasteiger partial charge in [0, 0.05) is 5.92 Å². The molecular weight excluding hydrogens is 140 g/mol. The van der Waals surface area contributed by atoms with Crippen LogP contribution in [0.5, 0.6) is 0 Å². The Morgan fingerprint density at radius 1 is 1.55 bits per heavy atom. The van der Waals surface area contributed by atoms with E-state index in [0.29, 0.717) is 5.92 Å². The first-order valence-electron chi connectivity index (χ1n) is 4.02. The summed E-state index contributed by atoms with van der Waals surface area (Å²) in [7, 11) is 0. The lowest BCUT2D eigenvalue weighted by Gasteiger charge is -1.98. The summed E-state index contributed by atoms with van der Waals surface area (Å²) in [4.78, 5) is 0. The minimum absolute atomic E-state index is 0.602. The summed E-state index contributed by atoms with van der Waals surface area (Å²) in [5, 5.41) is 13.8. The Labute approximate surface area is 65.4 Å². The van der Waals surface area contributed by atoms with Crippen molar-refractivity contribution in [2.75, 3.05) is 0 Å². The largest absolute Gasteiger partial charge is 0.243 e. The molecule has 60 valence electrons. The van der Waals surface area contributed by atoms with E-state index >= 15 is 0 Å². The number of rotatable bonds is 2. The van der Waals surface area contributed by atoms with Crippen LogP contribution in [-0.4, -0.2) is 20.6 Å². The van der Waals surface area contributed by atoms with Crippen LogP contribution in [0.25, 0.3) is 0 Å². The molecule has 0 bridgehead atoms. The minimum Gasteiger partial charge on any atom is -0.243 e. The number of aromatic nitrogens is 4. The van der Waals surface area contributed by atoms with E-state index < -0.39 is 0 Å². The minimum atomic E-state index is 0.602. The average molecular weight is 152 g/mol. The molecule has 2 atom stereocenters. The molecule has 1 aromatic heterocycles.